The fourth-order valence-electron chi connectivity index (χ4n) is 3.27. The largest absolute Gasteiger partial charge is 0.454 e. The lowest BCUT2D eigenvalue weighted by molar-refractivity contribution is 0.174. The Morgan fingerprint density at radius 1 is 1.26 bits per heavy atom. The maximum Gasteiger partial charge on any atom is 0.319 e. The lowest BCUT2D eigenvalue weighted by Crippen LogP contribution is -2.30. The number of pyridine rings is 1. The number of rotatable bonds is 6. The van der Waals surface area contributed by atoms with Gasteiger partial charge in [0.15, 0.2) is 11.5 Å². The Morgan fingerprint density at radius 3 is 3.04 bits per heavy atom. The second kappa shape index (κ2) is 7.57. The molecule has 1 aliphatic heterocycles. The van der Waals surface area contributed by atoms with E-state index in [0.717, 1.165) is 30.4 Å². The lowest BCUT2D eigenvalue weighted by Gasteiger charge is -2.08. The van der Waals surface area contributed by atoms with E-state index in [1.54, 1.807) is 18.2 Å². The van der Waals surface area contributed by atoms with E-state index in [0.29, 0.717) is 23.7 Å². The Kier molecular flexibility index (Phi) is 4.82. The van der Waals surface area contributed by atoms with Crippen LogP contribution in [0, 0.1) is 0 Å². The number of urea groups is 1. The molecule has 0 radical (unpaired) electrons. The molecule has 0 bridgehead atoms. The molecule has 7 nitrogen and oxygen atoms in total. The number of hydrogen-bond acceptors (Lipinski definition) is 4. The summed E-state index contributed by atoms with van der Waals surface area (Å²) in [5.41, 5.74) is 2.86. The van der Waals surface area contributed by atoms with Crippen molar-refractivity contribution in [2.75, 3.05) is 18.7 Å². The summed E-state index contributed by atoms with van der Waals surface area (Å²) in [5.74, 6) is 1.34. The van der Waals surface area contributed by atoms with Crippen molar-refractivity contribution in [3.05, 3.63) is 48.3 Å². The third-order valence-electron chi connectivity index (χ3n) is 4.49. The van der Waals surface area contributed by atoms with Crippen LogP contribution in [0.25, 0.3) is 11.0 Å². The van der Waals surface area contributed by atoms with Gasteiger partial charge in [0.05, 0.1) is 0 Å². The quantitative estimate of drug-likeness (QED) is 0.699. The van der Waals surface area contributed by atoms with Crippen molar-refractivity contribution in [2.45, 2.75) is 26.3 Å². The topological polar surface area (TPSA) is 77.4 Å². The molecule has 2 N–H and O–H groups in total. The zero-order chi connectivity index (χ0) is 18.6. The van der Waals surface area contributed by atoms with Gasteiger partial charge >= 0.3 is 6.03 Å². The summed E-state index contributed by atoms with van der Waals surface area (Å²) < 4.78 is 12.8. The van der Waals surface area contributed by atoms with Gasteiger partial charge in [0.1, 0.15) is 5.65 Å². The maximum atomic E-state index is 12.2. The molecule has 0 saturated heterocycles. The first kappa shape index (κ1) is 17.2. The second-order valence-corrected chi connectivity index (χ2v) is 6.42. The number of ether oxygens (including phenoxy) is 2. The van der Waals surface area contributed by atoms with E-state index in [2.05, 4.69) is 39.4 Å². The van der Waals surface area contributed by atoms with E-state index in [1.165, 1.54) is 5.56 Å². The number of aromatic nitrogens is 2. The van der Waals surface area contributed by atoms with Gasteiger partial charge in [-0.25, -0.2) is 9.78 Å². The van der Waals surface area contributed by atoms with E-state index < -0.39 is 0 Å². The van der Waals surface area contributed by atoms with E-state index in [9.17, 15) is 4.79 Å². The molecule has 0 spiro atoms. The highest BCUT2D eigenvalue weighted by Crippen LogP contribution is 2.34. The number of carbonyl (C=O) groups is 1. The van der Waals surface area contributed by atoms with Crippen molar-refractivity contribution in [3.8, 4) is 11.5 Å². The van der Waals surface area contributed by atoms with Crippen molar-refractivity contribution in [1.29, 1.82) is 0 Å². The Labute approximate surface area is 157 Å². The summed E-state index contributed by atoms with van der Waals surface area (Å²) in [7, 11) is 0. The molecule has 1 aliphatic rings. The first-order chi connectivity index (χ1) is 13.2. The SMILES string of the molecule is CCCn1cc(CCNC(=O)Nc2ccc3c(c2)OCO3)c2cccnc21. The summed E-state index contributed by atoms with van der Waals surface area (Å²) in [6.07, 6.45) is 5.75. The van der Waals surface area contributed by atoms with Crippen LogP contribution in [0.3, 0.4) is 0 Å². The number of nitrogens with zero attached hydrogens (tertiary/aromatic N) is 2. The highest BCUT2D eigenvalue weighted by atomic mass is 16.7. The smallest absolute Gasteiger partial charge is 0.319 e. The molecule has 3 heterocycles. The van der Waals surface area contributed by atoms with Crippen molar-refractivity contribution in [2.24, 2.45) is 0 Å². The number of benzene rings is 1. The number of aryl methyl sites for hydroxylation is 1. The molecule has 140 valence electrons. The molecule has 2 aromatic heterocycles. The Hall–Kier alpha value is -3.22. The van der Waals surface area contributed by atoms with E-state index in [1.807, 2.05) is 12.3 Å². The van der Waals surface area contributed by atoms with Crippen LogP contribution in [0.2, 0.25) is 0 Å². The van der Waals surface area contributed by atoms with Crippen LogP contribution in [-0.2, 0) is 13.0 Å². The molecule has 3 aromatic rings. The monoisotopic (exact) mass is 366 g/mol. The molecule has 0 atom stereocenters. The minimum absolute atomic E-state index is 0.214. The summed E-state index contributed by atoms with van der Waals surface area (Å²) in [6.45, 7) is 3.84. The fraction of sp³-hybridized carbons (Fsp3) is 0.300. The predicted octanol–water partition coefficient (Wildman–Crippen LogP) is 3.54. The average Bonchev–Trinajstić information content (AvgIpc) is 3.27. The number of nitrogens with one attached hydrogen (secondary N) is 2. The highest BCUT2D eigenvalue weighted by Gasteiger charge is 2.14. The minimum Gasteiger partial charge on any atom is -0.454 e. The standard InChI is InChI=1S/C20H22N4O3/c1-2-10-24-12-14(16-4-3-8-21-19(16)24)7-9-22-20(25)23-15-5-6-17-18(11-15)27-13-26-17/h3-6,8,11-12H,2,7,9-10,13H2,1H3,(H2,22,23,25). The summed E-state index contributed by atoms with van der Waals surface area (Å²) >= 11 is 0. The summed E-state index contributed by atoms with van der Waals surface area (Å²) in [6, 6.07) is 9.11. The third-order valence-corrected chi connectivity index (χ3v) is 4.49. The molecule has 0 aliphatic carbocycles. The van der Waals surface area contributed by atoms with Gasteiger partial charge in [-0.15, -0.1) is 0 Å². The zero-order valence-corrected chi connectivity index (χ0v) is 15.2. The normalized spacial score (nSPS) is 12.3. The maximum absolute atomic E-state index is 12.2. The number of anilines is 1. The van der Waals surface area contributed by atoms with Crippen LogP contribution in [0.4, 0.5) is 10.5 Å². The van der Waals surface area contributed by atoms with Gasteiger partial charge in [0.2, 0.25) is 6.79 Å². The third kappa shape index (κ3) is 3.67. The van der Waals surface area contributed by atoms with Crippen LogP contribution < -0.4 is 20.1 Å². The Morgan fingerprint density at radius 2 is 2.15 bits per heavy atom. The van der Waals surface area contributed by atoms with E-state index in [-0.39, 0.29) is 12.8 Å². The fourth-order valence-corrected chi connectivity index (χ4v) is 3.27. The number of amides is 2. The average molecular weight is 366 g/mol. The van der Waals surface area contributed by atoms with Gasteiger partial charge in [0, 0.05) is 42.6 Å². The molecule has 0 saturated carbocycles. The molecule has 4 rings (SSSR count). The van der Waals surface area contributed by atoms with E-state index >= 15 is 0 Å². The van der Waals surface area contributed by atoms with Crippen LogP contribution in [-0.4, -0.2) is 28.9 Å². The number of hydrogen-bond donors (Lipinski definition) is 2. The zero-order valence-electron chi connectivity index (χ0n) is 15.2. The second-order valence-electron chi connectivity index (χ2n) is 6.42. The van der Waals surface area contributed by atoms with Crippen molar-refractivity contribution in [3.63, 3.8) is 0 Å². The number of fused-ring (bicyclic) bond motifs is 2. The Balaban J connectivity index is 1.35. The van der Waals surface area contributed by atoms with Gasteiger partial charge in [0.25, 0.3) is 0 Å². The van der Waals surface area contributed by atoms with Crippen LogP contribution in [0.15, 0.2) is 42.7 Å². The molecule has 2 amide bonds. The van der Waals surface area contributed by atoms with Gasteiger partial charge in [-0.3, -0.25) is 0 Å². The molecule has 7 heteroatoms. The van der Waals surface area contributed by atoms with Gasteiger partial charge in [-0.05, 0) is 42.7 Å². The van der Waals surface area contributed by atoms with Crippen LogP contribution in [0.5, 0.6) is 11.5 Å². The van der Waals surface area contributed by atoms with Crippen LogP contribution >= 0.6 is 0 Å². The Bertz CT molecular complexity index is 967. The molecule has 0 unspecified atom stereocenters. The number of carbonyl (C=O) groups excluding carboxylic acids is 1. The van der Waals surface area contributed by atoms with Crippen molar-refractivity contribution >= 4 is 22.8 Å². The first-order valence-electron chi connectivity index (χ1n) is 9.12. The van der Waals surface area contributed by atoms with Gasteiger partial charge in [-0.2, -0.15) is 0 Å². The van der Waals surface area contributed by atoms with Crippen LogP contribution in [0.1, 0.15) is 18.9 Å². The molecular weight excluding hydrogens is 344 g/mol. The summed E-state index contributed by atoms with van der Waals surface area (Å²) in [5, 5.41) is 6.86. The summed E-state index contributed by atoms with van der Waals surface area (Å²) in [4.78, 5) is 16.7. The van der Waals surface area contributed by atoms with Gasteiger partial charge < -0.3 is 24.7 Å². The van der Waals surface area contributed by atoms with Crippen molar-refractivity contribution < 1.29 is 14.3 Å². The van der Waals surface area contributed by atoms with Gasteiger partial charge in [-0.1, -0.05) is 6.92 Å². The lowest BCUT2D eigenvalue weighted by atomic mass is 10.1. The molecule has 27 heavy (non-hydrogen) atoms. The highest BCUT2D eigenvalue weighted by molar-refractivity contribution is 5.89. The predicted molar refractivity (Wildman–Crippen MR) is 103 cm³/mol. The molecule has 0 fully saturated rings. The molecular formula is C20H22N4O3. The van der Waals surface area contributed by atoms with Crippen molar-refractivity contribution in [1.82, 2.24) is 14.9 Å². The first-order valence-corrected chi connectivity index (χ1v) is 9.12. The van der Waals surface area contributed by atoms with E-state index in [4.69, 9.17) is 9.47 Å². The molecule has 1 aromatic carbocycles. The minimum atomic E-state index is -0.246.